The second-order valence-corrected chi connectivity index (χ2v) is 9.51. The maximum atomic E-state index is 9.05. The lowest BCUT2D eigenvalue weighted by atomic mass is 9.84. The lowest BCUT2D eigenvalue weighted by Gasteiger charge is -2.22. The summed E-state index contributed by atoms with van der Waals surface area (Å²) in [5, 5.41) is 2.58. The number of thiophene rings is 1. The van der Waals surface area contributed by atoms with Gasteiger partial charge in [0.05, 0.1) is 5.69 Å². The average Bonchev–Trinajstić information content (AvgIpc) is 3.23. The average molecular weight is 421 g/mol. The molecule has 2 heteroatoms. The quantitative estimate of drug-likeness (QED) is 0.284. The van der Waals surface area contributed by atoms with Gasteiger partial charge in [0, 0.05) is 33.3 Å². The first kappa shape index (κ1) is 17.7. The van der Waals surface area contributed by atoms with E-state index in [1.54, 1.807) is 0 Å². The first-order valence-corrected chi connectivity index (χ1v) is 12.0. The van der Waals surface area contributed by atoms with Crippen LogP contribution >= 0.6 is 11.3 Å². The summed E-state index contributed by atoms with van der Waals surface area (Å²) in [5.74, 6) is -0.464. The summed E-state index contributed by atoms with van der Waals surface area (Å²) >= 11 is 1.85. The molecule has 0 radical (unpaired) electrons. The van der Waals surface area contributed by atoms with E-state index in [1.165, 1.54) is 43.3 Å². The second kappa shape index (κ2) is 7.94. The number of nitrogens with zero attached hydrogens (tertiary/aromatic N) is 1. The third-order valence-electron chi connectivity index (χ3n) is 6.51. The van der Waals surface area contributed by atoms with Crippen LogP contribution in [0.4, 0.5) is 0 Å². The van der Waals surface area contributed by atoms with Crippen LogP contribution in [0.25, 0.3) is 42.6 Å². The first-order valence-electron chi connectivity index (χ1n) is 11.7. The molecule has 1 nitrogen and oxygen atoms in total. The zero-order valence-electron chi connectivity index (χ0n) is 18.5. The summed E-state index contributed by atoms with van der Waals surface area (Å²) in [7, 11) is 0. The number of pyridine rings is 1. The number of aromatic nitrogens is 1. The van der Waals surface area contributed by atoms with Crippen LogP contribution in [0.3, 0.4) is 0 Å². The minimum Gasteiger partial charge on any atom is -0.256 e. The van der Waals surface area contributed by atoms with E-state index in [0.717, 1.165) is 36.9 Å². The van der Waals surface area contributed by atoms with Crippen LogP contribution < -0.4 is 0 Å². The summed E-state index contributed by atoms with van der Waals surface area (Å²) in [6.07, 6.45) is 7.35. The Morgan fingerprint density at radius 2 is 1.65 bits per heavy atom. The predicted molar refractivity (Wildman–Crippen MR) is 134 cm³/mol. The highest BCUT2D eigenvalue weighted by Gasteiger charge is 2.17. The Morgan fingerprint density at radius 3 is 2.52 bits per heavy atom. The standard InChI is InChI=1S/C29H25NS/c1-3-8-20(9-4-1)22-14-15-24-25-12-7-13-26(29(25)31-28(24)19-22)27-18-23(16-17-30-27)21-10-5-2-6-11-21/h1,3-4,7-9,12-19,21H,2,5-6,10-11H2/i21D. The Labute approximate surface area is 188 Å². The highest BCUT2D eigenvalue weighted by molar-refractivity contribution is 7.26. The van der Waals surface area contributed by atoms with Gasteiger partial charge < -0.3 is 0 Å². The van der Waals surface area contributed by atoms with Crippen molar-refractivity contribution in [1.82, 2.24) is 4.98 Å². The SMILES string of the molecule is [2H]C1(c2ccnc(-c3cccc4c3sc3cc(-c5ccccc5)ccc34)c2)CCCCC1. The van der Waals surface area contributed by atoms with Gasteiger partial charge in [0.25, 0.3) is 0 Å². The molecule has 152 valence electrons. The summed E-state index contributed by atoms with van der Waals surface area (Å²) in [4.78, 5) is 4.74. The van der Waals surface area contributed by atoms with Crippen LogP contribution in [0, 0.1) is 0 Å². The highest BCUT2D eigenvalue weighted by atomic mass is 32.1. The molecular formula is C29H25NS. The largest absolute Gasteiger partial charge is 0.256 e. The number of hydrogen-bond donors (Lipinski definition) is 0. The Morgan fingerprint density at radius 1 is 0.774 bits per heavy atom. The molecule has 0 bridgehead atoms. The van der Waals surface area contributed by atoms with Crippen LogP contribution in [-0.2, 0) is 0 Å². The van der Waals surface area contributed by atoms with Crippen molar-refractivity contribution in [2.24, 2.45) is 0 Å². The molecule has 0 aliphatic heterocycles. The lowest BCUT2D eigenvalue weighted by Crippen LogP contribution is -2.04. The van der Waals surface area contributed by atoms with E-state index < -0.39 is 5.89 Å². The van der Waals surface area contributed by atoms with Crippen molar-refractivity contribution < 1.29 is 1.37 Å². The van der Waals surface area contributed by atoms with E-state index in [2.05, 4.69) is 78.9 Å². The van der Waals surface area contributed by atoms with Crippen molar-refractivity contribution in [2.45, 2.75) is 38.0 Å². The van der Waals surface area contributed by atoms with Crippen molar-refractivity contribution in [3.05, 3.63) is 90.6 Å². The predicted octanol–water partition coefficient (Wildman–Crippen LogP) is 8.83. The van der Waals surface area contributed by atoms with Gasteiger partial charge >= 0.3 is 0 Å². The number of hydrogen-bond acceptors (Lipinski definition) is 2. The smallest absolute Gasteiger partial charge is 0.0719 e. The summed E-state index contributed by atoms with van der Waals surface area (Å²) in [5.41, 5.74) is 5.77. The molecule has 0 atom stereocenters. The van der Waals surface area contributed by atoms with Gasteiger partial charge in [-0.25, -0.2) is 0 Å². The number of benzene rings is 3. The third kappa shape index (κ3) is 3.45. The molecule has 2 aromatic heterocycles. The van der Waals surface area contributed by atoms with E-state index in [4.69, 9.17) is 6.35 Å². The fourth-order valence-corrected chi connectivity index (χ4v) is 6.14. The maximum Gasteiger partial charge on any atom is 0.0719 e. The van der Waals surface area contributed by atoms with Crippen LogP contribution in [0.15, 0.2) is 85.1 Å². The van der Waals surface area contributed by atoms with E-state index in [1.807, 2.05) is 17.5 Å². The Kier molecular flexibility index (Phi) is 4.53. The molecule has 1 aliphatic carbocycles. The van der Waals surface area contributed by atoms with Gasteiger partial charge in [0.1, 0.15) is 0 Å². The van der Waals surface area contributed by atoms with Gasteiger partial charge in [0.2, 0.25) is 0 Å². The zero-order chi connectivity index (χ0) is 21.5. The van der Waals surface area contributed by atoms with Crippen molar-refractivity contribution in [2.75, 3.05) is 0 Å². The molecule has 2 heterocycles. The van der Waals surface area contributed by atoms with Crippen molar-refractivity contribution >= 4 is 31.5 Å². The topological polar surface area (TPSA) is 12.9 Å². The minimum absolute atomic E-state index is 0.464. The van der Waals surface area contributed by atoms with E-state index in [0.29, 0.717) is 0 Å². The molecular weight excluding hydrogens is 394 g/mol. The molecule has 0 N–H and O–H groups in total. The first-order chi connectivity index (χ1) is 15.7. The van der Waals surface area contributed by atoms with Crippen LogP contribution in [-0.4, -0.2) is 4.98 Å². The van der Waals surface area contributed by atoms with E-state index in [9.17, 15) is 0 Å². The molecule has 0 unspecified atom stereocenters. The van der Waals surface area contributed by atoms with Gasteiger partial charge in [-0.05, 0) is 53.6 Å². The van der Waals surface area contributed by atoms with Crippen LogP contribution in [0.1, 0.15) is 44.9 Å². The fourth-order valence-electron chi connectivity index (χ4n) is 4.88. The molecule has 5 aromatic rings. The third-order valence-corrected chi connectivity index (χ3v) is 7.71. The van der Waals surface area contributed by atoms with Gasteiger partial charge in [0.15, 0.2) is 0 Å². The fraction of sp³-hybridized carbons (Fsp3) is 0.207. The number of fused-ring (bicyclic) bond motifs is 3. The Hall–Kier alpha value is -2.97. The molecule has 31 heavy (non-hydrogen) atoms. The lowest BCUT2D eigenvalue weighted by molar-refractivity contribution is 0.443. The summed E-state index contributed by atoms with van der Waals surface area (Å²) in [6, 6.07) is 28.1. The van der Waals surface area contributed by atoms with Gasteiger partial charge in [-0.2, -0.15) is 0 Å². The van der Waals surface area contributed by atoms with Crippen molar-refractivity contribution in [1.29, 1.82) is 0 Å². The van der Waals surface area contributed by atoms with Crippen molar-refractivity contribution in [3.63, 3.8) is 0 Å². The molecule has 1 saturated carbocycles. The molecule has 1 fully saturated rings. The van der Waals surface area contributed by atoms with E-state index >= 15 is 0 Å². The van der Waals surface area contributed by atoms with Crippen LogP contribution in [0.2, 0.25) is 0 Å². The molecule has 1 aliphatic rings. The molecule has 0 spiro atoms. The van der Waals surface area contributed by atoms with Gasteiger partial charge in [-0.3, -0.25) is 4.98 Å². The second-order valence-electron chi connectivity index (χ2n) is 8.46. The molecule has 0 saturated heterocycles. The minimum atomic E-state index is -0.464. The van der Waals surface area contributed by atoms with E-state index in [-0.39, 0.29) is 0 Å². The monoisotopic (exact) mass is 420 g/mol. The molecule has 3 aromatic carbocycles. The Bertz CT molecular complexity index is 1410. The highest BCUT2D eigenvalue weighted by Crippen LogP contribution is 2.41. The van der Waals surface area contributed by atoms with Crippen LogP contribution in [0.5, 0.6) is 0 Å². The maximum absolute atomic E-state index is 9.05. The molecule has 0 amide bonds. The van der Waals surface area contributed by atoms with Gasteiger partial charge in [-0.1, -0.05) is 79.9 Å². The summed E-state index contributed by atoms with van der Waals surface area (Å²) in [6.45, 7) is 0. The number of rotatable bonds is 3. The van der Waals surface area contributed by atoms with Crippen molar-refractivity contribution in [3.8, 4) is 22.4 Å². The zero-order valence-corrected chi connectivity index (χ0v) is 18.3. The molecule has 6 rings (SSSR count). The summed E-state index contributed by atoms with van der Waals surface area (Å²) < 4.78 is 11.6. The Balaban J connectivity index is 1.48. The normalized spacial score (nSPS) is 16.5. The van der Waals surface area contributed by atoms with Gasteiger partial charge in [-0.15, -0.1) is 11.3 Å².